The largest absolute Gasteiger partial charge is 0.508 e. The van der Waals surface area contributed by atoms with Crippen LogP contribution in [0.4, 0.5) is 0 Å². The Kier molecular flexibility index (Phi) is 3.87. The second-order valence-corrected chi connectivity index (χ2v) is 4.12. The highest BCUT2D eigenvalue weighted by Gasteiger charge is 2.12. The lowest BCUT2D eigenvalue weighted by Gasteiger charge is -2.06. The normalized spacial score (nSPS) is 10.2. The number of carbonyl (C=O) groups is 1. The standard InChI is InChI=1S/C13H10ClNO4/c14-13-4-2-9(6-15-13)19-7-12(18)10-3-1-8(16)5-11(10)17/h1-6,16-17H,7H2. The van der Waals surface area contributed by atoms with E-state index in [2.05, 4.69) is 4.98 Å². The predicted octanol–water partition coefficient (Wildman–Crippen LogP) is 2.41. The minimum absolute atomic E-state index is 0.0831. The van der Waals surface area contributed by atoms with Crippen LogP contribution in [0.15, 0.2) is 36.5 Å². The molecule has 0 spiro atoms. The van der Waals surface area contributed by atoms with Gasteiger partial charge in [-0.3, -0.25) is 4.79 Å². The van der Waals surface area contributed by atoms with E-state index in [9.17, 15) is 9.90 Å². The van der Waals surface area contributed by atoms with Crippen LogP contribution < -0.4 is 4.74 Å². The lowest BCUT2D eigenvalue weighted by molar-refractivity contribution is 0.0918. The van der Waals surface area contributed by atoms with E-state index >= 15 is 0 Å². The first kappa shape index (κ1) is 13.2. The van der Waals surface area contributed by atoms with Gasteiger partial charge in [0.25, 0.3) is 0 Å². The Hall–Kier alpha value is -2.27. The van der Waals surface area contributed by atoms with E-state index in [1.54, 1.807) is 12.1 Å². The number of Topliss-reactive ketones (excluding diaryl/α,β-unsaturated/α-hetero) is 1. The summed E-state index contributed by atoms with van der Waals surface area (Å²) in [6.07, 6.45) is 1.40. The zero-order valence-corrected chi connectivity index (χ0v) is 10.5. The number of ether oxygens (including phenoxy) is 1. The van der Waals surface area contributed by atoms with Crippen LogP contribution in [-0.2, 0) is 0 Å². The van der Waals surface area contributed by atoms with Crippen LogP contribution in [0.25, 0.3) is 0 Å². The summed E-state index contributed by atoms with van der Waals surface area (Å²) in [6.45, 7) is -0.248. The first-order valence-corrected chi connectivity index (χ1v) is 5.73. The van der Waals surface area contributed by atoms with Gasteiger partial charge in [0, 0.05) is 6.07 Å². The van der Waals surface area contributed by atoms with Crippen LogP contribution in [0, 0.1) is 0 Å². The number of aromatic hydroxyl groups is 2. The number of nitrogens with zero attached hydrogens (tertiary/aromatic N) is 1. The van der Waals surface area contributed by atoms with Gasteiger partial charge < -0.3 is 14.9 Å². The van der Waals surface area contributed by atoms with Crippen molar-refractivity contribution in [3.8, 4) is 17.2 Å². The number of pyridine rings is 1. The molecule has 1 aromatic heterocycles. The molecule has 0 bridgehead atoms. The molecule has 0 aliphatic heterocycles. The monoisotopic (exact) mass is 279 g/mol. The maximum atomic E-state index is 11.8. The molecule has 5 nitrogen and oxygen atoms in total. The van der Waals surface area contributed by atoms with E-state index in [1.807, 2.05) is 0 Å². The summed E-state index contributed by atoms with van der Waals surface area (Å²) in [5, 5.41) is 19.0. The number of aromatic nitrogens is 1. The fourth-order valence-electron chi connectivity index (χ4n) is 1.43. The van der Waals surface area contributed by atoms with Crippen molar-refractivity contribution in [2.45, 2.75) is 0 Å². The van der Waals surface area contributed by atoms with Crippen LogP contribution in [0.5, 0.6) is 17.2 Å². The van der Waals surface area contributed by atoms with E-state index < -0.39 is 5.78 Å². The molecule has 0 aliphatic rings. The van der Waals surface area contributed by atoms with Gasteiger partial charge in [0.05, 0.1) is 11.8 Å². The molecule has 19 heavy (non-hydrogen) atoms. The molecule has 0 aliphatic carbocycles. The second-order valence-electron chi connectivity index (χ2n) is 3.73. The summed E-state index contributed by atoms with van der Waals surface area (Å²) in [6, 6.07) is 6.86. The number of rotatable bonds is 4. The van der Waals surface area contributed by atoms with Crippen molar-refractivity contribution < 1.29 is 19.7 Å². The van der Waals surface area contributed by atoms with Crippen molar-refractivity contribution in [2.24, 2.45) is 0 Å². The Bertz CT molecular complexity index is 598. The van der Waals surface area contributed by atoms with Gasteiger partial charge in [0.15, 0.2) is 6.61 Å². The Morgan fingerprint density at radius 2 is 2.05 bits per heavy atom. The Morgan fingerprint density at radius 1 is 1.26 bits per heavy atom. The van der Waals surface area contributed by atoms with Gasteiger partial charge in [-0.05, 0) is 24.3 Å². The molecule has 1 aromatic carbocycles. The average molecular weight is 280 g/mol. The lowest BCUT2D eigenvalue weighted by atomic mass is 10.1. The average Bonchev–Trinajstić information content (AvgIpc) is 2.37. The summed E-state index contributed by atoms with van der Waals surface area (Å²) in [5.74, 6) is -0.414. The smallest absolute Gasteiger partial charge is 0.203 e. The van der Waals surface area contributed by atoms with Gasteiger partial charge in [-0.1, -0.05) is 11.6 Å². The third kappa shape index (κ3) is 3.35. The molecule has 0 saturated heterocycles. The molecule has 2 N–H and O–H groups in total. The van der Waals surface area contributed by atoms with Crippen molar-refractivity contribution >= 4 is 17.4 Å². The van der Waals surface area contributed by atoms with Crippen molar-refractivity contribution in [1.82, 2.24) is 4.98 Å². The van der Waals surface area contributed by atoms with Crippen LogP contribution in [0.1, 0.15) is 10.4 Å². The molecular weight excluding hydrogens is 270 g/mol. The molecule has 0 fully saturated rings. The lowest BCUT2D eigenvalue weighted by Crippen LogP contribution is -2.11. The maximum absolute atomic E-state index is 11.8. The number of halogens is 1. The molecule has 98 valence electrons. The van der Waals surface area contributed by atoms with Gasteiger partial charge in [-0.25, -0.2) is 4.98 Å². The van der Waals surface area contributed by atoms with Crippen LogP contribution in [0.3, 0.4) is 0 Å². The summed E-state index contributed by atoms with van der Waals surface area (Å²) in [7, 11) is 0. The summed E-state index contributed by atoms with van der Waals surface area (Å²) in [5.41, 5.74) is 0.0831. The summed E-state index contributed by atoms with van der Waals surface area (Å²) in [4.78, 5) is 15.6. The van der Waals surface area contributed by atoms with Crippen molar-refractivity contribution in [3.63, 3.8) is 0 Å². The molecule has 0 atom stereocenters. The number of phenols is 2. The van der Waals surface area contributed by atoms with Gasteiger partial charge in [0.1, 0.15) is 22.4 Å². The third-order valence-electron chi connectivity index (χ3n) is 2.35. The van der Waals surface area contributed by atoms with Gasteiger partial charge >= 0.3 is 0 Å². The van der Waals surface area contributed by atoms with Gasteiger partial charge in [-0.2, -0.15) is 0 Å². The topological polar surface area (TPSA) is 79.7 Å². The Balaban J connectivity index is 2.03. The number of carbonyl (C=O) groups excluding carboxylic acids is 1. The summed E-state index contributed by atoms with van der Waals surface area (Å²) < 4.78 is 5.22. The van der Waals surface area contributed by atoms with Crippen LogP contribution >= 0.6 is 11.6 Å². The molecular formula is C13H10ClNO4. The Labute approximate surface area is 114 Å². The number of benzene rings is 1. The molecule has 6 heteroatoms. The zero-order valence-electron chi connectivity index (χ0n) is 9.71. The molecule has 0 radical (unpaired) electrons. The number of ketones is 1. The van der Waals surface area contributed by atoms with Crippen LogP contribution in [-0.4, -0.2) is 27.6 Å². The highest BCUT2D eigenvalue weighted by molar-refractivity contribution is 6.29. The van der Waals surface area contributed by atoms with E-state index in [-0.39, 0.29) is 23.7 Å². The molecule has 2 aromatic rings. The molecule has 2 rings (SSSR count). The number of phenolic OH excluding ortho intramolecular Hbond substituents is 2. The quantitative estimate of drug-likeness (QED) is 0.664. The number of hydrogen-bond donors (Lipinski definition) is 2. The number of hydrogen-bond acceptors (Lipinski definition) is 5. The van der Waals surface area contributed by atoms with Crippen molar-refractivity contribution in [2.75, 3.05) is 6.61 Å². The molecule has 1 heterocycles. The summed E-state index contributed by atoms with van der Waals surface area (Å²) >= 11 is 5.62. The predicted molar refractivity (Wildman–Crippen MR) is 68.8 cm³/mol. The fourth-order valence-corrected chi connectivity index (χ4v) is 1.54. The molecule has 0 amide bonds. The van der Waals surface area contributed by atoms with Crippen molar-refractivity contribution in [3.05, 3.63) is 47.2 Å². The highest BCUT2D eigenvalue weighted by atomic mass is 35.5. The molecule has 0 saturated carbocycles. The minimum Gasteiger partial charge on any atom is -0.508 e. The van der Waals surface area contributed by atoms with Gasteiger partial charge in [-0.15, -0.1) is 0 Å². The van der Waals surface area contributed by atoms with E-state index in [0.717, 1.165) is 6.07 Å². The minimum atomic E-state index is -0.410. The maximum Gasteiger partial charge on any atom is 0.203 e. The highest BCUT2D eigenvalue weighted by Crippen LogP contribution is 2.23. The second kappa shape index (κ2) is 5.58. The third-order valence-corrected chi connectivity index (χ3v) is 2.58. The van der Waals surface area contributed by atoms with E-state index in [1.165, 1.54) is 18.3 Å². The first-order valence-electron chi connectivity index (χ1n) is 5.36. The Morgan fingerprint density at radius 3 is 2.68 bits per heavy atom. The first-order chi connectivity index (χ1) is 9.06. The zero-order chi connectivity index (χ0) is 13.8. The molecule has 0 unspecified atom stereocenters. The van der Waals surface area contributed by atoms with E-state index in [0.29, 0.717) is 10.9 Å². The van der Waals surface area contributed by atoms with Crippen LogP contribution in [0.2, 0.25) is 5.15 Å². The van der Waals surface area contributed by atoms with Crippen molar-refractivity contribution in [1.29, 1.82) is 0 Å². The fraction of sp³-hybridized carbons (Fsp3) is 0.0769. The van der Waals surface area contributed by atoms with Gasteiger partial charge in [0.2, 0.25) is 5.78 Å². The SMILES string of the molecule is O=C(COc1ccc(Cl)nc1)c1ccc(O)cc1O. The van der Waals surface area contributed by atoms with E-state index in [4.69, 9.17) is 21.4 Å².